The van der Waals surface area contributed by atoms with Gasteiger partial charge in [0.25, 0.3) is 0 Å². The fraction of sp³-hybridized carbons (Fsp3) is 0.0870. The van der Waals surface area contributed by atoms with E-state index in [0.29, 0.717) is 0 Å². The van der Waals surface area contributed by atoms with E-state index in [-0.39, 0.29) is 5.82 Å². The molecule has 0 atom stereocenters. The van der Waals surface area contributed by atoms with E-state index in [4.69, 9.17) is 5.10 Å². The maximum atomic E-state index is 13.4. The molecule has 3 nitrogen and oxygen atoms in total. The van der Waals surface area contributed by atoms with Gasteiger partial charge in [-0.3, -0.25) is 0 Å². The lowest BCUT2D eigenvalue weighted by Crippen LogP contribution is -2.05. The molecule has 4 heteroatoms. The molecular formula is C23H18FN3. The lowest BCUT2D eigenvalue weighted by atomic mass is 9.90. The average molecular weight is 355 g/mol. The van der Waals surface area contributed by atoms with Crippen molar-refractivity contribution in [3.8, 4) is 16.9 Å². The molecule has 1 aliphatic rings. The van der Waals surface area contributed by atoms with Crippen LogP contribution in [0.3, 0.4) is 0 Å². The van der Waals surface area contributed by atoms with Crippen molar-refractivity contribution in [1.82, 2.24) is 9.78 Å². The van der Waals surface area contributed by atoms with Gasteiger partial charge in [-0.15, -0.1) is 0 Å². The summed E-state index contributed by atoms with van der Waals surface area (Å²) in [5.74, 6) is 0.691. The lowest BCUT2D eigenvalue weighted by molar-refractivity contribution is 0.627. The van der Waals surface area contributed by atoms with Gasteiger partial charge >= 0.3 is 0 Å². The highest BCUT2D eigenvalue weighted by Gasteiger charge is 2.25. The molecule has 0 fully saturated rings. The molecule has 0 amide bonds. The fourth-order valence-electron chi connectivity index (χ4n) is 3.69. The van der Waals surface area contributed by atoms with E-state index in [9.17, 15) is 4.39 Å². The van der Waals surface area contributed by atoms with Crippen LogP contribution in [0.5, 0.6) is 0 Å². The predicted octanol–water partition coefficient (Wildman–Crippen LogP) is 5.52. The number of aromatic nitrogens is 2. The Bertz CT molecular complexity index is 1100. The summed E-state index contributed by atoms with van der Waals surface area (Å²) in [6.45, 7) is 0. The second-order valence-corrected chi connectivity index (χ2v) is 6.71. The zero-order valence-corrected chi connectivity index (χ0v) is 14.7. The number of hydrogen-bond acceptors (Lipinski definition) is 2. The van der Waals surface area contributed by atoms with Crippen molar-refractivity contribution in [2.45, 2.75) is 12.8 Å². The topological polar surface area (TPSA) is 29.9 Å². The van der Waals surface area contributed by atoms with E-state index in [1.54, 1.807) is 12.1 Å². The van der Waals surface area contributed by atoms with Crippen molar-refractivity contribution in [1.29, 1.82) is 0 Å². The minimum absolute atomic E-state index is 0.251. The number of benzene rings is 3. The molecule has 0 saturated heterocycles. The van der Waals surface area contributed by atoms with Crippen LogP contribution >= 0.6 is 0 Å². The molecule has 0 aliphatic heterocycles. The van der Waals surface area contributed by atoms with Gasteiger partial charge in [-0.2, -0.15) is 5.10 Å². The Morgan fingerprint density at radius 2 is 1.56 bits per heavy atom. The number of halogens is 1. The summed E-state index contributed by atoms with van der Waals surface area (Å²) < 4.78 is 15.3. The Kier molecular flexibility index (Phi) is 3.75. The lowest BCUT2D eigenvalue weighted by Gasteiger charge is -2.16. The van der Waals surface area contributed by atoms with Crippen molar-refractivity contribution in [2.75, 3.05) is 5.32 Å². The maximum absolute atomic E-state index is 13.4. The number of hydrogen-bond donors (Lipinski definition) is 1. The molecular weight excluding hydrogens is 337 g/mol. The highest BCUT2D eigenvalue weighted by atomic mass is 19.1. The third kappa shape index (κ3) is 2.79. The largest absolute Gasteiger partial charge is 0.340 e. The summed E-state index contributed by atoms with van der Waals surface area (Å²) in [4.78, 5) is 0. The van der Waals surface area contributed by atoms with Crippen LogP contribution in [0.1, 0.15) is 11.1 Å². The second-order valence-electron chi connectivity index (χ2n) is 6.71. The van der Waals surface area contributed by atoms with Gasteiger partial charge in [0.05, 0.1) is 11.4 Å². The first-order valence-electron chi connectivity index (χ1n) is 9.08. The van der Waals surface area contributed by atoms with Crippen molar-refractivity contribution in [3.05, 3.63) is 95.8 Å². The molecule has 0 saturated carbocycles. The van der Waals surface area contributed by atoms with E-state index in [2.05, 4.69) is 29.6 Å². The molecule has 0 bridgehead atoms. The molecule has 1 aliphatic carbocycles. The maximum Gasteiger partial charge on any atom is 0.138 e. The minimum Gasteiger partial charge on any atom is -0.340 e. The SMILES string of the molecule is Fc1ccc(-n2nc3c(c2Nc2ccccc2)CCc2ccccc2-3)cc1. The first-order chi connectivity index (χ1) is 13.3. The quantitative estimate of drug-likeness (QED) is 0.524. The predicted molar refractivity (Wildman–Crippen MR) is 106 cm³/mol. The molecule has 0 spiro atoms. The number of nitrogens with zero attached hydrogens (tertiary/aromatic N) is 2. The van der Waals surface area contributed by atoms with Crippen molar-refractivity contribution in [3.63, 3.8) is 0 Å². The van der Waals surface area contributed by atoms with Crippen LogP contribution in [0.2, 0.25) is 0 Å². The summed E-state index contributed by atoms with van der Waals surface area (Å²) in [7, 11) is 0. The number of anilines is 2. The van der Waals surface area contributed by atoms with Crippen LogP contribution in [0.15, 0.2) is 78.9 Å². The molecule has 0 radical (unpaired) electrons. The molecule has 132 valence electrons. The zero-order valence-electron chi connectivity index (χ0n) is 14.7. The highest BCUT2D eigenvalue weighted by Crippen LogP contribution is 2.38. The molecule has 0 unspecified atom stereocenters. The number of nitrogens with one attached hydrogen (secondary N) is 1. The zero-order chi connectivity index (χ0) is 18.2. The third-order valence-electron chi connectivity index (χ3n) is 5.01. The van der Waals surface area contributed by atoms with Gasteiger partial charge < -0.3 is 5.32 Å². The van der Waals surface area contributed by atoms with Gasteiger partial charge in [-0.1, -0.05) is 42.5 Å². The molecule has 3 aromatic carbocycles. The Hall–Kier alpha value is -3.40. The third-order valence-corrected chi connectivity index (χ3v) is 5.01. The van der Waals surface area contributed by atoms with E-state index in [1.807, 2.05) is 35.0 Å². The van der Waals surface area contributed by atoms with E-state index >= 15 is 0 Å². The van der Waals surface area contributed by atoms with Gasteiger partial charge in [0, 0.05) is 16.8 Å². The van der Waals surface area contributed by atoms with Gasteiger partial charge in [0.15, 0.2) is 0 Å². The van der Waals surface area contributed by atoms with E-state index in [1.165, 1.54) is 28.8 Å². The first kappa shape index (κ1) is 15.8. The smallest absolute Gasteiger partial charge is 0.138 e. The van der Waals surface area contributed by atoms with Gasteiger partial charge in [-0.05, 0) is 54.8 Å². The Labute approximate surface area is 157 Å². The molecule has 1 aromatic heterocycles. The van der Waals surface area contributed by atoms with Gasteiger partial charge in [0.2, 0.25) is 0 Å². The summed E-state index contributed by atoms with van der Waals surface area (Å²) in [6, 6.07) is 24.9. The van der Waals surface area contributed by atoms with Gasteiger partial charge in [0.1, 0.15) is 11.6 Å². The summed E-state index contributed by atoms with van der Waals surface area (Å²) in [5.41, 5.74) is 6.53. The second kappa shape index (κ2) is 6.40. The molecule has 5 rings (SSSR count). The number of aryl methyl sites for hydroxylation is 1. The number of para-hydroxylation sites is 1. The standard InChI is InChI=1S/C23H18FN3/c24-17-11-13-19(14-12-17)27-23(25-18-7-2-1-3-8-18)21-15-10-16-6-4-5-9-20(16)22(21)26-27/h1-9,11-14,25H,10,15H2. The molecule has 4 aromatic rings. The normalized spacial score (nSPS) is 12.3. The van der Waals surface area contributed by atoms with Crippen LogP contribution in [0.25, 0.3) is 16.9 Å². The summed E-state index contributed by atoms with van der Waals surface area (Å²) in [5, 5.41) is 8.45. The van der Waals surface area contributed by atoms with E-state index < -0.39 is 0 Å². The summed E-state index contributed by atoms with van der Waals surface area (Å²) >= 11 is 0. The minimum atomic E-state index is -0.251. The molecule has 27 heavy (non-hydrogen) atoms. The van der Waals surface area contributed by atoms with Crippen LogP contribution in [-0.4, -0.2) is 9.78 Å². The average Bonchev–Trinajstić information content (AvgIpc) is 3.08. The number of fused-ring (bicyclic) bond motifs is 3. The highest BCUT2D eigenvalue weighted by molar-refractivity contribution is 5.77. The van der Waals surface area contributed by atoms with Crippen LogP contribution in [-0.2, 0) is 12.8 Å². The van der Waals surface area contributed by atoms with Crippen LogP contribution in [0, 0.1) is 5.82 Å². The monoisotopic (exact) mass is 355 g/mol. The Morgan fingerprint density at radius 3 is 2.37 bits per heavy atom. The molecule has 1 heterocycles. The summed E-state index contributed by atoms with van der Waals surface area (Å²) in [6.07, 6.45) is 1.91. The van der Waals surface area contributed by atoms with Crippen LogP contribution < -0.4 is 5.32 Å². The Balaban J connectivity index is 1.70. The first-order valence-corrected chi connectivity index (χ1v) is 9.08. The van der Waals surface area contributed by atoms with Crippen molar-refractivity contribution < 1.29 is 4.39 Å². The number of rotatable bonds is 3. The van der Waals surface area contributed by atoms with E-state index in [0.717, 1.165) is 35.7 Å². The van der Waals surface area contributed by atoms with Crippen LogP contribution in [0.4, 0.5) is 15.9 Å². The van der Waals surface area contributed by atoms with Crippen molar-refractivity contribution >= 4 is 11.5 Å². The Morgan fingerprint density at radius 1 is 0.815 bits per heavy atom. The molecule has 1 N–H and O–H groups in total. The fourth-order valence-corrected chi connectivity index (χ4v) is 3.69. The van der Waals surface area contributed by atoms with Gasteiger partial charge in [-0.25, -0.2) is 9.07 Å². The van der Waals surface area contributed by atoms with Crippen molar-refractivity contribution in [2.24, 2.45) is 0 Å².